The molecule has 0 spiro atoms. The van der Waals surface area contributed by atoms with Gasteiger partial charge in [-0.25, -0.2) is 0 Å². The molecular formula is C9H16N. The van der Waals surface area contributed by atoms with Crippen molar-refractivity contribution in [3.63, 3.8) is 0 Å². The van der Waals surface area contributed by atoms with Crippen molar-refractivity contribution < 1.29 is 0 Å². The summed E-state index contributed by atoms with van der Waals surface area (Å²) >= 11 is 0. The Morgan fingerprint density at radius 1 is 1.50 bits per heavy atom. The predicted octanol–water partition coefficient (Wildman–Crippen LogP) is 1.74. The fraction of sp³-hybridized carbons (Fsp3) is 0.778. The summed E-state index contributed by atoms with van der Waals surface area (Å²) in [5, 5.41) is 3.01. The van der Waals surface area contributed by atoms with E-state index in [0.29, 0.717) is 0 Å². The normalized spacial score (nSPS) is 12.5. The summed E-state index contributed by atoms with van der Waals surface area (Å²) < 4.78 is 0. The topological polar surface area (TPSA) is 12.0 Å². The Morgan fingerprint density at radius 2 is 2.20 bits per heavy atom. The third-order valence-corrected chi connectivity index (χ3v) is 1.62. The fourth-order valence-corrected chi connectivity index (χ4v) is 0.887. The van der Waals surface area contributed by atoms with E-state index in [4.69, 9.17) is 6.42 Å². The summed E-state index contributed by atoms with van der Waals surface area (Å²) in [6, 6.07) is 0.173. The molecule has 0 saturated heterocycles. The molecular weight excluding hydrogens is 122 g/mol. The van der Waals surface area contributed by atoms with Crippen LogP contribution in [0.5, 0.6) is 0 Å². The molecule has 0 aliphatic heterocycles. The third kappa shape index (κ3) is 4.40. The van der Waals surface area contributed by atoms with Gasteiger partial charge in [-0.1, -0.05) is 32.1 Å². The minimum atomic E-state index is 0.173. The lowest BCUT2D eigenvalue weighted by Gasteiger charge is -2.06. The van der Waals surface area contributed by atoms with Crippen molar-refractivity contribution >= 4 is 0 Å². The quantitative estimate of drug-likeness (QED) is 0.451. The molecule has 0 aliphatic carbocycles. The second-order valence-electron chi connectivity index (χ2n) is 2.48. The van der Waals surface area contributed by atoms with Crippen LogP contribution < -0.4 is 5.32 Å². The first-order valence-corrected chi connectivity index (χ1v) is 3.94. The summed E-state index contributed by atoms with van der Waals surface area (Å²) in [6.45, 7) is 2.18. The maximum absolute atomic E-state index is 6.88. The molecule has 1 atom stereocenters. The van der Waals surface area contributed by atoms with Gasteiger partial charge in [0.25, 0.3) is 0 Å². The average molecular weight is 138 g/mol. The van der Waals surface area contributed by atoms with Gasteiger partial charge in [0.05, 0.1) is 6.04 Å². The van der Waals surface area contributed by atoms with Gasteiger partial charge in [0.2, 0.25) is 0 Å². The highest BCUT2D eigenvalue weighted by atomic mass is 14.8. The van der Waals surface area contributed by atoms with E-state index >= 15 is 0 Å². The first kappa shape index (κ1) is 9.52. The Bertz CT molecular complexity index is 102. The maximum atomic E-state index is 6.88. The largest absolute Gasteiger partial charge is 0.307 e. The monoisotopic (exact) mass is 138 g/mol. The van der Waals surface area contributed by atoms with Gasteiger partial charge in [-0.15, -0.1) is 0 Å². The Morgan fingerprint density at radius 3 is 2.60 bits per heavy atom. The second-order valence-corrected chi connectivity index (χ2v) is 2.48. The average Bonchev–Trinajstić information content (AvgIpc) is 1.99. The molecule has 0 amide bonds. The van der Waals surface area contributed by atoms with Crippen LogP contribution in [0, 0.1) is 12.3 Å². The van der Waals surface area contributed by atoms with Gasteiger partial charge >= 0.3 is 0 Å². The maximum Gasteiger partial charge on any atom is 0.0697 e. The van der Waals surface area contributed by atoms with Gasteiger partial charge in [-0.05, 0) is 19.9 Å². The van der Waals surface area contributed by atoms with Crippen LogP contribution in [0.4, 0.5) is 0 Å². The van der Waals surface area contributed by atoms with Crippen LogP contribution >= 0.6 is 0 Å². The smallest absolute Gasteiger partial charge is 0.0697 e. The summed E-state index contributed by atoms with van der Waals surface area (Å²) in [5.74, 6) is 2.45. The van der Waals surface area contributed by atoms with Crippen LogP contribution in [-0.2, 0) is 0 Å². The lowest BCUT2D eigenvalue weighted by Crippen LogP contribution is -2.22. The Balaban J connectivity index is 3.20. The summed E-state index contributed by atoms with van der Waals surface area (Å²) in [5.41, 5.74) is 0. The first-order valence-electron chi connectivity index (χ1n) is 3.94. The molecule has 0 rings (SSSR count). The van der Waals surface area contributed by atoms with Crippen molar-refractivity contribution in [2.45, 2.75) is 38.6 Å². The van der Waals surface area contributed by atoms with Crippen molar-refractivity contribution in [2.24, 2.45) is 0 Å². The number of hydrogen-bond acceptors (Lipinski definition) is 1. The Labute approximate surface area is 64.2 Å². The Kier molecular flexibility index (Phi) is 6.32. The highest BCUT2D eigenvalue weighted by Gasteiger charge is 1.98. The molecule has 1 nitrogen and oxygen atoms in total. The third-order valence-electron chi connectivity index (χ3n) is 1.62. The fourth-order valence-electron chi connectivity index (χ4n) is 0.887. The molecule has 0 aromatic heterocycles. The molecule has 0 aromatic carbocycles. The highest BCUT2D eigenvalue weighted by Crippen LogP contribution is 2.01. The lowest BCUT2D eigenvalue weighted by molar-refractivity contribution is 0.573. The molecule has 0 aromatic rings. The second kappa shape index (κ2) is 6.64. The van der Waals surface area contributed by atoms with E-state index in [1.807, 2.05) is 7.05 Å². The molecule has 0 heterocycles. The summed E-state index contributed by atoms with van der Waals surface area (Å²) in [7, 11) is 1.87. The van der Waals surface area contributed by atoms with Gasteiger partial charge in [0.15, 0.2) is 0 Å². The van der Waals surface area contributed by atoms with Gasteiger partial charge in [-0.3, -0.25) is 0 Å². The van der Waals surface area contributed by atoms with Crippen LogP contribution in [-0.4, -0.2) is 13.1 Å². The zero-order chi connectivity index (χ0) is 7.82. The lowest BCUT2D eigenvalue weighted by atomic mass is 10.1. The van der Waals surface area contributed by atoms with Crippen molar-refractivity contribution in [1.29, 1.82) is 0 Å². The molecule has 10 heavy (non-hydrogen) atoms. The molecule has 0 aliphatic rings. The van der Waals surface area contributed by atoms with Crippen LogP contribution in [0.3, 0.4) is 0 Å². The van der Waals surface area contributed by atoms with E-state index in [0.717, 1.165) is 6.42 Å². The van der Waals surface area contributed by atoms with E-state index < -0.39 is 0 Å². The minimum Gasteiger partial charge on any atom is -0.307 e. The standard InChI is InChI=1S/C9H16N/c1-4-6-7-8-9(5-2)10-3/h9-10H,4,6-8H2,1,3H3. The number of rotatable bonds is 5. The van der Waals surface area contributed by atoms with Gasteiger partial charge in [0.1, 0.15) is 0 Å². The number of nitrogens with one attached hydrogen (secondary N) is 1. The van der Waals surface area contributed by atoms with Gasteiger partial charge in [-0.2, -0.15) is 0 Å². The van der Waals surface area contributed by atoms with Gasteiger partial charge < -0.3 is 5.32 Å². The molecule has 1 N–H and O–H groups in total. The van der Waals surface area contributed by atoms with Crippen LogP contribution in [0.2, 0.25) is 0 Å². The van der Waals surface area contributed by atoms with Crippen molar-refractivity contribution in [1.82, 2.24) is 5.32 Å². The van der Waals surface area contributed by atoms with E-state index in [9.17, 15) is 0 Å². The van der Waals surface area contributed by atoms with E-state index in [1.165, 1.54) is 19.3 Å². The van der Waals surface area contributed by atoms with E-state index in [1.54, 1.807) is 0 Å². The number of hydrogen-bond donors (Lipinski definition) is 1. The van der Waals surface area contributed by atoms with Gasteiger partial charge in [0, 0.05) is 0 Å². The molecule has 1 unspecified atom stereocenters. The zero-order valence-electron chi connectivity index (χ0n) is 6.91. The van der Waals surface area contributed by atoms with Crippen molar-refractivity contribution in [2.75, 3.05) is 7.05 Å². The van der Waals surface area contributed by atoms with E-state index in [2.05, 4.69) is 18.2 Å². The minimum absolute atomic E-state index is 0.173. The number of unbranched alkanes of at least 4 members (excludes halogenated alkanes) is 2. The molecule has 0 saturated carbocycles. The molecule has 1 radical (unpaired) electrons. The van der Waals surface area contributed by atoms with Crippen LogP contribution in [0.15, 0.2) is 0 Å². The van der Waals surface area contributed by atoms with E-state index in [-0.39, 0.29) is 6.04 Å². The Hall–Kier alpha value is -0.480. The zero-order valence-corrected chi connectivity index (χ0v) is 6.91. The highest BCUT2D eigenvalue weighted by molar-refractivity contribution is 4.92. The summed E-state index contributed by atoms with van der Waals surface area (Å²) in [6.07, 6.45) is 11.6. The van der Waals surface area contributed by atoms with Crippen molar-refractivity contribution in [3.05, 3.63) is 6.42 Å². The van der Waals surface area contributed by atoms with Crippen LogP contribution in [0.25, 0.3) is 0 Å². The van der Waals surface area contributed by atoms with Crippen molar-refractivity contribution in [3.8, 4) is 5.92 Å². The summed E-state index contributed by atoms with van der Waals surface area (Å²) in [4.78, 5) is 0. The molecule has 1 heteroatoms. The SMILES string of the molecule is [C]#CC(CCCCC)NC. The first-order chi connectivity index (χ1) is 4.85. The molecule has 57 valence electrons. The van der Waals surface area contributed by atoms with Crippen LogP contribution in [0.1, 0.15) is 32.6 Å². The molecule has 0 bridgehead atoms. The predicted molar refractivity (Wildman–Crippen MR) is 44.1 cm³/mol. The molecule has 0 fully saturated rings.